The Bertz CT molecular complexity index is 355. The molecule has 3 nitrogen and oxygen atoms in total. The van der Waals surface area contributed by atoms with Crippen LogP contribution in [0, 0.1) is 5.41 Å². The zero-order valence-electron chi connectivity index (χ0n) is 11.2. The van der Waals surface area contributed by atoms with E-state index < -0.39 is 0 Å². The Morgan fingerprint density at radius 3 is 2.17 bits per heavy atom. The van der Waals surface area contributed by atoms with Gasteiger partial charge in [0, 0.05) is 18.1 Å². The number of likely N-dealkylation sites (tertiary alicyclic amines) is 1. The molecule has 0 aromatic rings. The molecule has 0 unspecified atom stereocenters. The van der Waals surface area contributed by atoms with Crippen LogP contribution in [0.4, 0.5) is 4.79 Å². The van der Waals surface area contributed by atoms with E-state index in [9.17, 15) is 4.79 Å². The summed E-state index contributed by atoms with van der Waals surface area (Å²) in [7, 11) is 0. The fraction of sp³-hybridized carbons (Fsp3) is 0.933. The average molecular weight is 248 g/mol. The van der Waals surface area contributed by atoms with E-state index in [4.69, 9.17) is 0 Å². The van der Waals surface area contributed by atoms with Crippen molar-refractivity contribution >= 4 is 6.03 Å². The molecule has 18 heavy (non-hydrogen) atoms. The summed E-state index contributed by atoms with van der Waals surface area (Å²) in [5.41, 5.74) is 1.03. The minimum absolute atomic E-state index is 0.234. The van der Waals surface area contributed by atoms with Gasteiger partial charge in [0.05, 0.1) is 0 Å². The van der Waals surface area contributed by atoms with Gasteiger partial charge in [-0.25, -0.2) is 4.79 Å². The zero-order valence-corrected chi connectivity index (χ0v) is 11.2. The highest BCUT2D eigenvalue weighted by Crippen LogP contribution is 2.56. The lowest BCUT2D eigenvalue weighted by molar-refractivity contribution is -0.0375. The van der Waals surface area contributed by atoms with Gasteiger partial charge >= 0.3 is 6.03 Å². The molecular weight excluding hydrogens is 224 g/mol. The van der Waals surface area contributed by atoms with Crippen LogP contribution in [-0.2, 0) is 0 Å². The maximum atomic E-state index is 12.3. The predicted octanol–water partition coefficient (Wildman–Crippen LogP) is 3.05. The molecule has 4 aliphatic rings. The molecule has 100 valence electrons. The number of amides is 2. The van der Waals surface area contributed by atoms with Gasteiger partial charge in [-0.1, -0.05) is 0 Å². The Morgan fingerprint density at radius 2 is 1.72 bits per heavy atom. The quantitative estimate of drug-likeness (QED) is 0.760. The number of nitrogens with zero attached hydrogens (tertiary/aromatic N) is 1. The zero-order chi connectivity index (χ0) is 12.2. The van der Waals surface area contributed by atoms with Gasteiger partial charge in [0.2, 0.25) is 0 Å². The van der Waals surface area contributed by atoms with Crippen LogP contribution in [0.5, 0.6) is 0 Å². The highest BCUT2D eigenvalue weighted by atomic mass is 16.2. The van der Waals surface area contributed by atoms with Crippen molar-refractivity contribution in [2.75, 3.05) is 6.54 Å². The maximum absolute atomic E-state index is 12.3. The highest BCUT2D eigenvalue weighted by molar-refractivity contribution is 5.76. The average Bonchev–Trinajstić information content (AvgIpc) is 2.98. The maximum Gasteiger partial charge on any atom is 0.318 e. The molecule has 1 aliphatic heterocycles. The summed E-state index contributed by atoms with van der Waals surface area (Å²) in [6.45, 7) is 0.989. The molecule has 1 N–H and O–H groups in total. The second-order valence-corrected chi connectivity index (χ2v) is 7.20. The summed E-state index contributed by atoms with van der Waals surface area (Å²) in [4.78, 5) is 14.4. The summed E-state index contributed by atoms with van der Waals surface area (Å²) in [5, 5.41) is 3.30. The Kier molecular flexibility index (Phi) is 2.25. The number of hydrogen-bond donors (Lipinski definition) is 1. The fourth-order valence-corrected chi connectivity index (χ4v) is 4.27. The molecule has 4 fully saturated rings. The van der Waals surface area contributed by atoms with Crippen molar-refractivity contribution < 1.29 is 4.79 Å². The van der Waals surface area contributed by atoms with Gasteiger partial charge in [-0.3, -0.25) is 0 Å². The minimum Gasteiger partial charge on any atom is -0.335 e. The van der Waals surface area contributed by atoms with Gasteiger partial charge in [0.25, 0.3) is 0 Å². The summed E-state index contributed by atoms with van der Waals surface area (Å²) in [6.07, 6.45) is 13.1. The second-order valence-electron chi connectivity index (χ2n) is 7.20. The number of rotatable bonds is 1. The third kappa shape index (κ3) is 1.59. The summed E-state index contributed by atoms with van der Waals surface area (Å²) >= 11 is 0. The third-order valence-corrected chi connectivity index (χ3v) is 6.23. The van der Waals surface area contributed by atoms with Gasteiger partial charge in [0.15, 0.2) is 0 Å². The predicted molar refractivity (Wildman–Crippen MR) is 70.4 cm³/mol. The van der Waals surface area contributed by atoms with Crippen molar-refractivity contribution in [3.63, 3.8) is 0 Å². The van der Waals surface area contributed by atoms with E-state index in [1.54, 1.807) is 0 Å². The van der Waals surface area contributed by atoms with E-state index in [1.807, 2.05) is 0 Å². The molecule has 3 aliphatic carbocycles. The van der Waals surface area contributed by atoms with Crippen LogP contribution in [0.25, 0.3) is 0 Å². The van der Waals surface area contributed by atoms with E-state index >= 15 is 0 Å². The molecule has 4 rings (SSSR count). The molecular formula is C15H24N2O. The topological polar surface area (TPSA) is 32.3 Å². The van der Waals surface area contributed by atoms with Crippen molar-refractivity contribution in [2.24, 2.45) is 5.41 Å². The van der Waals surface area contributed by atoms with Crippen LogP contribution in [0.3, 0.4) is 0 Å². The minimum atomic E-state index is 0.234. The van der Waals surface area contributed by atoms with Gasteiger partial charge in [-0.15, -0.1) is 0 Å². The van der Waals surface area contributed by atoms with Crippen LogP contribution < -0.4 is 5.32 Å². The molecule has 3 saturated carbocycles. The first kappa shape index (κ1) is 11.1. The molecule has 0 atom stereocenters. The summed E-state index contributed by atoms with van der Waals surface area (Å²) in [6, 6.07) is 0.694. The van der Waals surface area contributed by atoms with Crippen LogP contribution in [0.15, 0.2) is 0 Å². The van der Waals surface area contributed by atoms with E-state index in [-0.39, 0.29) is 6.03 Å². The largest absolute Gasteiger partial charge is 0.335 e. The monoisotopic (exact) mass is 248 g/mol. The molecule has 0 aromatic heterocycles. The summed E-state index contributed by atoms with van der Waals surface area (Å²) in [5.74, 6) is 0. The lowest BCUT2D eigenvalue weighted by Crippen LogP contribution is -2.68. The number of carbonyl (C=O) groups is 1. The van der Waals surface area contributed by atoms with Crippen LogP contribution >= 0.6 is 0 Å². The van der Waals surface area contributed by atoms with E-state index in [2.05, 4.69) is 10.2 Å². The van der Waals surface area contributed by atoms with Gasteiger partial charge in [0.1, 0.15) is 0 Å². The first-order valence-corrected chi connectivity index (χ1v) is 7.80. The van der Waals surface area contributed by atoms with Crippen LogP contribution in [0.1, 0.15) is 64.2 Å². The first-order valence-electron chi connectivity index (χ1n) is 7.80. The highest BCUT2D eigenvalue weighted by Gasteiger charge is 2.52. The van der Waals surface area contributed by atoms with Crippen molar-refractivity contribution in [2.45, 2.75) is 75.8 Å². The summed E-state index contributed by atoms with van der Waals surface area (Å²) < 4.78 is 0. The first-order chi connectivity index (χ1) is 8.72. The van der Waals surface area contributed by atoms with Crippen LogP contribution in [0.2, 0.25) is 0 Å². The molecule has 1 heterocycles. The van der Waals surface area contributed by atoms with Crippen molar-refractivity contribution in [1.82, 2.24) is 10.2 Å². The standard InChI is InChI=1S/C15H24N2O/c18-13(17-11-10-15(17)4-1-5-15)16-12-2-6-14(7-3-12)8-9-14/h12H,1-11H2,(H,16,18). The third-order valence-electron chi connectivity index (χ3n) is 6.23. The van der Waals surface area contributed by atoms with E-state index in [1.165, 1.54) is 64.2 Å². The Labute approximate surface area is 109 Å². The number of hydrogen-bond acceptors (Lipinski definition) is 1. The molecule has 2 amide bonds. The molecule has 3 heteroatoms. The molecule has 1 saturated heterocycles. The van der Waals surface area contributed by atoms with Crippen molar-refractivity contribution in [3.05, 3.63) is 0 Å². The van der Waals surface area contributed by atoms with Crippen molar-refractivity contribution in [3.8, 4) is 0 Å². The van der Waals surface area contributed by atoms with Gasteiger partial charge in [-0.2, -0.15) is 0 Å². The fourth-order valence-electron chi connectivity index (χ4n) is 4.27. The molecule has 0 aromatic carbocycles. The van der Waals surface area contributed by atoms with Gasteiger partial charge < -0.3 is 10.2 Å². The molecule has 0 bridgehead atoms. The molecule has 2 spiro atoms. The van der Waals surface area contributed by atoms with Gasteiger partial charge in [-0.05, 0) is 69.6 Å². The van der Waals surface area contributed by atoms with E-state index in [0.717, 1.165) is 12.0 Å². The van der Waals surface area contributed by atoms with Crippen molar-refractivity contribution in [1.29, 1.82) is 0 Å². The number of carbonyl (C=O) groups excluding carboxylic acids is 1. The van der Waals surface area contributed by atoms with Crippen LogP contribution in [-0.4, -0.2) is 29.1 Å². The lowest BCUT2D eigenvalue weighted by Gasteiger charge is -2.58. The normalized spacial score (nSPS) is 31.9. The molecule has 0 radical (unpaired) electrons. The smallest absolute Gasteiger partial charge is 0.318 e. The SMILES string of the molecule is O=C(NC1CCC2(CC1)CC2)N1CCC12CCC2. The second kappa shape index (κ2) is 3.64. The Balaban J connectivity index is 1.30. The Hall–Kier alpha value is -0.730. The van der Waals surface area contributed by atoms with E-state index in [0.29, 0.717) is 11.6 Å². The number of urea groups is 1. The number of nitrogens with one attached hydrogen (secondary N) is 1. The Morgan fingerprint density at radius 1 is 1.00 bits per heavy atom. The lowest BCUT2D eigenvalue weighted by atomic mass is 9.68.